The molecule has 152 valence electrons. The van der Waals surface area contributed by atoms with Gasteiger partial charge in [0, 0.05) is 19.2 Å². The van der Waals surface area contributed by atoms with Crippen LogP contribution < -0.4 is 19.1 Å². The number of nitrogens with zero attached hydrogens (tertiary/aromatic N) is 2. The highest BCUT2D eigenvalue weighted by molar-refractivity contribution is 7.92. The Balaban J connectivity index is 1.76. The van der Waals surface area contributed by atoms with Crippen LogP contribution in [0.1, 0.15) is 32.1 Å². The Morgan fingerprint density at radius 1 is 1.07 bits per heavy atom. The number of pyridine rings is 1. The fourth-order valence-corrected chi connectivity index (χ4v) is 4.71. The molecule has 1 heterocycles. The second-order valence-corrected chi connectivity index (χ2v) is 8.58. The van der Waals surface area contributed by atoms with E-state index in [1.54, 1.807) is 18.3 Å². The minimum absolute atomic E-state index is 0.0409. The molecule has 2 aromatic rings. The molecule has 0 atom stereocenters. The quantitative estimate of drug-likeness (QED) is 0.757. The van der Waals surface area contributed by atoms with Crippen LogP contribution in [-0.4, -0.2) is 40.7 Å². The van der Waals surface area contributed by atoms with Crippen molar-refractivity contribution in [3.05, 3.63) is 36.5 Å². The minimum Gasteiger partial charge on any atom is -0.497 e. The van der Waals surface area contributed by atoms with Gasteiger partial charge in [-0.1, -0.05) is 19.3 Å². The third-order valence-electron chi connectivity index (χ3n) is 5.14. The van der Waals surface area contributed by atoms with E-state index < -0.39 is 10.0 Å². The van der Waals surface area contributed by atoms with Crippen molar-refractivity contribution in [1.29, 1.82) is 0 Å². The monoisotopic (exact) mass is 405 g/mol. The van der Waals surface area contributed by atoms with Crippen LogP contribution in [0.25, 0.3) is 0 Å². The van der Waals surface area contributed by atoms with Gasteiger partial charge in [0.2, 0.25) is 0 Å². The van der Waals surface area contributed by atoms with Gasteiger partial charge in [-0.2, -0.15) is 0 Å². The molecule has 1 aliphatic carbocycles. The first-order valence-electron chi connectivity index (χ1n) is 9.38. The van der Waals surface area contributed by atoms with Crippen molar-refractivity contribution in [3.63, 3.8) is 0 Å². The third-order valence-corrected chi connectivity index (χ3v) is 6.56. The predicted molar refractivity (Wildman–Crippen MR) is 110 cm³/mol. The number of nitrogens with one attached hydrogen (secondary N) is 1. The second kappa shape index (κ2) is 8.68. The van der Waals surface area contributed by atoms with E-state index >= 15 is 0 Å². The van der Waals surface area contributed by atoms with Crippen LogP contribution in [0, 0.1) is 0 Å². The number of hydrogen-bond donors (Lipinski definition) is 1. The first kappa shape index (κ1) is 20.3. The van der Waals surface area contributed by atoms with E-state index in [0.717, 1.165) is 5.82 Å². The molecule has 8 heteroatoms. The number of sulfonamides is 1. The Kier molecular flexibility index (Phi) is 6.28. The maximum Gasteiger partial charge on any atom is 0.265 e. The number of ether oxygens (including phenoxy) is 2. The van der Waals surface area contributed by atoms with Crippen LogP contribution in [0.15, 0.2) is 41.4 Å². The molecule has 7 nitrogen and oxygen atoms in total. The number of aromatic nitrogens is 1. The van der Waals surface area contributed by atoms with Crippen LogP contribution in [0.4, 0.5) is 11.5 Å². The van der Waals surface area contributed by atoms with E-state index in [0.29, 0.717) is 17.5 Å². The van der Waals surface area contributed by atoms with Crippen molar-refractivity contribution in [3.8, 4) is 11.5 Å². The molecular weight excluding hydrogens is 378 g/mol. The van der Waals surface area contributed by atoms with Gasteiger partial charge in [-0.25, -0.2) is 13.4 Å². The summed E-state index contributed by atoms with van der Waals surface area (Å²) in [5.74, 6) is 1.58. The standard InChI is InChI=1S/C20H27N3O4S/c1-23(16-7-5-4-6-8-16)20-12-9-15(14-21-20)22-28(24,25)19-11-10-17(26-2)13-18(19)27-3/h9-14,16,22H,4-8H2,1-3H3. The summed E-state index contributed by atoms with van der Waals surface area (Å²) in [7, 11) is 1.16. The molecule has 1 aromatic carbocycles. The number of benzene rings is 1. The summed E-state index contributed by atoms with van der Waals surface area (Å²) >= 11 is 0. The Morgan fingerprint density at radius 3 is 2.43 bits per heavy atom. The van der Waals surface area contributed by atoms with Crippen molar-refractivity contribution in [2.45, 2.75) is 43.0 Å². The zero-order valence-electron chi connectivity index (χ0n) is 16.5. The van der Waals surface area contributed by atoms with E-state index in [1.165, 1.54) is 58.5 Å². The Labute approximate surface area is 166 Å². The molecule has 1 N–H and O–H groups in total. The van der Waals surface area contributed by atoms with Gasteiger partial charge in [0.05, 0.1) is 26.1 Å². The lowest BCUT2D eigenvalue weighted by atomic mass is 9.94. The summed E-state index contributed by atoms with van der Waals surface area (Å²) in [5.41, 5.74) is 0.402. The molecule has 0 bridgehead atoms. The predicted octanol–water partition coefficient (Wildman–Crippen LogP) is 3.67. The largest absolute Gasteiger partial charge is 0.497 e. The van der Waals surface area contributed by atoms with E-state index in [-0.39, 0.29) is 10.6 Å². The van der Waals surface area contributed by atoms with Crippen molar-refractivity contribution in [2.75, 3.05) is 30.9 Å². The topological polar surface area (TPSA) is 80.8 Å². The highest BCUT2D eigenvalue weighted by Crippen LogP contribution is 2.30. The van der Waals surface area contributed by atoms with Gasteiger partial charge < -0.3 is 14.4 Å². The molecule has 3 rings (SSSR count). The average Bonchev–Trinajstić information content (AvgIpc) is 2.73. The summed E-state index contributed by atoms with van der Waals surface area (Å²) in [6.45, 7) is 0. The lowest BCUT2D eigenvalue weighted by Gasteiger charge is -2.32. The number of hydrogen-bond acceptors (Lipinski definition) is 6. The molecule has 1 aliphatic rings. The van der Waals surface area contributed by atoms with Gasteiger partial charge in [-0.3, -0.25) is 4.72 Å². The molecule has 1 saturated carbocycles. The maximum atomic E-state index is 12.8. The number of methoxy groups -OCH3 is 2. The summed E-state index contributed by atoms with van der Waals surface area (Å²) in [5, 5.41) is 0. The smallest absolute Gasteiger partial charge is 0.265 e. The van der Waals surface area contributed by atoms with Crippen molar-refractivity contribution >= 4 is 21.5 Å². The average molecular weight is 406 g/mol. The van der Waals surface area contributed by atoms with E-state index in [2.05, 4.69) is 14.6 Å². The Hall–Kier alpha value is -2.48. The van der Waals surface area contributed by atoms with Gasteiger partial charge in [0.1, 0.15) is 22.2 Å². The molecule has 1 fully saturated rings. The van der Waals surface area contributed by atoms with Crippen LogP contribution in [0.2, 0.25) is 0 Å². The molecule has 0 amide bonds. The highest BCUT2D eigenvalue weighted by atomic mass is 32.2. The van der Waals surface area contributed by atoms with Crippen LogP contribution >= 0.6 is 0 Å². The van der Waals surface area contributed by atoms with Gasteiger partial charge in [-0.15, -0.1) is 0 Å². The Morgan fingerprint density at radius 2 is 1.82 bits per heavy atom. The molecule has 0 saturated heterocycles. The fraction of sp³-hybridized carbons (Fsp3) is 0.450. The molecule has 0 spiro atoms. The van der Waals surface area contributed by atoms with Gasteiger partial charge >= 0.3 is 0 Å². The van der Waals surface area contributed by atoms with Gasteiger partial charge in [0.15, 0.2) is 0 Å². The molecule has 1 aromatic heterocycles. The molecule has 0 radical (unpaired) electrons. The normalized spacial score (nSPS) is 15.1. The molecule has 0 aliphatic heterocycles. The molecule has 28 heavy (non-hydrogen) atoms. The van der Waals surface area contributed by atoms with Crippen molar-refractivity contribution in [2.24, 2.45) is 0 Å². The molecule has 0 unspecified atom stereocenters. The van der Waals surface area contributed by atoms with Crippen LogP contribution in [0.5, 0.6) is 11.5 Å². The van der Waals surface area contributed by atoms with Crippen molar-refractivity contribution in [1.82, 2.24) is 4.98 Å². The number of anilines is 2. The van der Waals surface area contributed by atoms with E-state index in [9.17, 15) is 8.42 Å². The summed E-state index contributed by atoms with van der Waals surface area (Å²) in [4.78, 5) is 6.67. The Bertz CT molecular complexity index is 894. The lowest BCUT2D eigenvalue weighted by Crippen LogP contribution is -2.33. The lowest BCUT2D eigenvalue weighted by molar-refractivity contribution is 0.386. The van der Waals surface area contributed by atoms with Crippen LogP contribution in [-0.2, 0) is 10.0 Å². The maximum absolute atomic E-state index is 12.8. The van der Waals surface area contributed by atoms with Gasteiger partial charge in [0.25, 0.3) is 10.0 Å². The first-order chi connectivity index (χ1) is 13.4. The SMILES string of the molecule is COc1ccc(S(=O)(=O)Nc2ccc(N(C)C3CCCCC3)nc2)c(OC)c1. The molecular formula is C20H27N3O4S. The highest BCUT2D eigenvalue weighted by Gasteiger charge is 2.22. The first-order valence-corrected chi connectivity index (χ1v) is 10.9. The fourth-order valence-electron chi connectivity index (χ4n) is 3.52. The van der Waals surface area contributed by atoms with Crippen molar-refractivity contribution < 1.29 is 17.9 Å². The summed E-state index contributed by atoms with van der Waals surface area (Å²) < 4.78 is 38.4. The van der Waals surface area contributed by atoms with E-state index in [4.69, 9.17) is 9.47 Å². The summed E-state index contributed by atoms with van der Waals surface area (Å²) in [6, 6.07) is 8.64. The second-order valence-electron chi connectivity index (χ2n) is 6.93. The third kappa shape index (κ3) is 4.49. The van der Waals surface area contributed by atoms with Gasteiger partial charge in [-0.05, 0) is 37.1 Å². The zero-order chi connectivity index (χ0) is 20.1. The van der Waals surface area contributed by atoms with E-state index in [1.807, 2.05) is 13.1 Å². The number of rotatable bonds is 7. The minimum atomic E-state index is -3.82. The summed E-state index contributed by atoms with van der Waals surface area (Å²) in [6.07, 6.45) is 7.68. The van der Waals surface area contributed by atoms with Crippen LogP contribution in [0.3, 0.4) is 0 Å². The zero-order valence-corrected chi connectivity index (χ0v) is 17.3.